The molecule has 0 bridgehead atoms. The zero-order valence-electron chi connectivity index (χ0n) is 50.1. The first kappa shape index (κ1) is 65.9. The zero-order valence-corrected chi connectivity index (χ0v) is 51.6. The van der Waals surface area contributed by atoms with Crippen molar-refractivity contribution in [2.75, 3.05) is 67.0 Å². The number of alkyl halides is 6. The topological polar surface area (TPSA) is 146 Å². The molecular weight excluding hydrogens is 1230 g/mol. The van der Waals surface area contributed by atoms with Crippen LogP contribution in [-0.4, -0.2) is 99.4 Å². The number of unbranched alkanes of at least 4 members (excludes halogenated alkanes) is 3. The Morgan fingerprint density at radius 3 is 1.34 bits per heavy atom. The van der Waals surface area contributed by atoms with Crippen LogP contribution >= 0.6 is 23.2 Å². The van der Waals surface area contributed by atoms with E-state index in [0.717, 1.165) is 63.5 Å². The summed E-state index contributed by atoms with van der Waals surface area (Å²) in [6.45, 7) is 4.34. The Bertz CT molecular complexity index is 3830. The molecule has 2 aromatic heterocycles. The number of hydrogen-bond donors (Lipinski definition) is 0. The quantitative estimate of drug-likeness (QED) is 0.0374. The molecule has 8 aromatic rings. The van der Waals surface area contributed by atoms with Gasteiger partial charge in [0.2, 0.25) is 11.5 Å². The molecule has 480 valence electrons. The van der Waals surface area contributed by atoms with Gasteiger partial charge in [0, 0.05) is 76.5 Å². The molecule has 6 aromatic carbocycles. The molecule has 11 rings (SSSR count). The fourth-order valence-electron chi connectivity index (χ4n) is 10.8. The SMILES string of the molecule is CN(CCCOc1cc2nccc(Oc3ccc(CC(=O)Cc4ccc(Cl)c(C(F)(F)F)c4)cc3)c2c2c1OCCO2)C1CCC1.COCCCCCCOc1cc2nccc(Oc3ccc(CC(=O)Cc4ccc(Cl)c(C(F)(F)F)c4)cc3)c2c2c1OCCO2. The van der Waals surface area contributed by atoms with E-state index in [9.17, 15) is 35.9 Å². The first-order valence-electron chi connectivity index (χ1n) is 30.0. The molecule has 0 amide bonds. The second kappa shape index (κ2) is 30.4. The molecule has 1 saturated carbocycles. The van der Waals surface area contributed by atoms with Gasteiger partial charge in [-0.2, -0.15) is 26.3 Å². The van der Waals surface area contributed by atoms with E-state index >= 15 is 0 Å². The van der Waals surface area contributed by atoms with Crippen molar-refractivity contribution in [3.63, 3.8) is 0 Å². The van der Waals surface area contributed by atoms with E-state index in [0.29, 0.717) is 136 Å². The number of carbonyl (C=O) groups is 2. The molecule has 1 aliphatic carbocycles. The average molecular weight is 1300 g/mol. The molecule has 3 aliphatic rings. The van der Waals surface area contributed by atoms with Gasteiger partial charge in [0.05, 0.1) is 56.2 Å². The van der Waals surface area contributed by atoms with E-state index in [1.807, 2.05) is 12.1 Å². The molecule has 0 N–H and O–H groups in total. The Balaban J connectivity index is 0.000000200. The second-order valence-electron chi connectivity index (χ2n) is 22.3. The van der Waals surface area contributed by atoms with Crippen molar-refractivity contribution in [3.8, 4) is 57.5 Å². The molecule has 0 unspecified atom stereocenters. The molecule has 22 heteroatoms. The highest BCUT2D eigenvalue weighted by atomic mass is 35.5. The van der Waals surface area contributed by atoms with Crippen LogP contribution in [0, 0.1) is 0 Å². The van der Waals surface area contributed by atoms with Crippen molar-refractivity contribution in [1.82, 2.24) is 14.9 Å². The molecule has 0 atom stereocenters. The summed E-state index contributed by atoms with van der Waals surface area (Å²) in [6, 6.07) is 28.8. The fraction of sp³-hybridized carbons (Fsp3) is 0.362. The molecule has 4 heterocycles. The number of ketones is 2. The second-order valence-corrected chi connectivity index (χ2v) is 23.1. The van der Waals surface area contributed by atoms with Crippen LogP contribution in [0.15, 0.2) is 122 Å². The maximum Gasteiger partial charge on any atom is 0.417 e. The number of fused-ring (bicyclic) bond motifs is 6. The summed E-state index contributed by atoms with van der Waals surface area (Å²) < 4.78 is 133. The Hall–Kier alpha value is -8.04. The van der Waals surface area contributed by atoms with Crippen molar-refractivity contribution < 1.29 is 78.6 Å². The van der Waals surface area contributed by atoms with E-state index in [1.165, 1.54) is 37.5 Å². The van der Waals surface area contributed by atoms with Crippen LogP contribution < -0.4 is 37.9 Å². The highest BCUT2D eigenvalue weighted by molar-refractivity contribution is 6.31. The number of carbonyl (C=O) groups excluding carboxylic acids is 2. The van der Waals surface area contributed by atoms with E-state index in [4.69, 9.17) is 65.8 Å². The van der Waals surface area contributed by atoms with Gasteiger partial charge in [-0.15, -0.1) is 0 Å². The third kappa shape index (κ3) is 17.3. The van der Waals surface area contributed by atoms with E-state index in [1.54, 1.807) is 80.2 Å². The van der Waals surface area contributed by atoms with Crippen LogP contribution in [0.3, 0.4) is 0 Å². The summed E-state index contributed by atoms with van der Waals surface area (Å²) in [4.78, 5) is 36.8. The summed E-state index contributed by atoms with van der Waals surface area (Å²) in [6.07, 6.45) is 2.68. The van der Waals surface area contributed by atoms with Gasteiger partial charge in [-0.05, 0) is 128 Å². The van der Waals surface area contributed by atoms with Crippen molar-refractivity contribution in [1.29, 1.82) is 0 Å². The number of benzene rings is 6. The smallest absolute Gasteiger partial charge is 0.417 e. The maximum absolute atomic E-state index is 13.2. The molecule has 2 aliphatic heterocycles. The van der Waals surface area contributed by atoms with E-state index < -0.39 is 33.5 Å². The van der Waals surface area contributed by atoms with Crippen LogP contribution in [0.2, 0.25) is 10.0 Å². The number of pyridine rings is 2. The number of Topliss-reactive ketones (excluding diaryl/α,β-unsaturated/α-hetero) is 2. The van der Waals surface area contributed by atoms with Crippen LogP contribution in [0.5, 0.6) is 57.5 Å². The van der Waals surface area contributed by atoms with Crippen LogP contribution in [0.25, 0.3) is 21.8 Å². The van der Waals surface area contributed by atoms with Gasteiger partial charge < -0.3 is 47.5 Å². The lowest BCUT2D eigenvalue weighted by Gasteiger charge is -2.34. The van der Waals surface area contributed by atoms with E-state index in [-0.39, 0.29) is 48.4 Å². The minimum absolute atomic E-state index is 0.0526. The minimum Gasteiger partial charge on any atom is -0.489 e. The van der Waals surface area contributed by atoms with Crippen molar-refractivity contribution in [3.05, 3.63) is 165 Å². The number of methoxy groups -OCH3 is 1. The Morgan fingerprint density at radius 2 is 0.923 bits per heavy atom. The molecule has 0 spiro atoms. The molecule has 14 nitrogen and oxygen atoms in total. The molecule has 0 saturated heterocycles. The van der Waals surface area contributed by atoms with Gasteiger partial charge >= 0.3 is 12.4 Å². The number of ether oxygens (including phenoxy) is 9. The first-order valence-corrected chi connectivity index (χ1v) is 30.8. The number of halogens is 8. The van der Waals surface area contributed by atoms with Crippen molar-refractivity contribution >= 4 is 56.6 Å². The molecule has 0 radical (unpaired) electrons. The van der Waals surface area contributed by atoms with Gasteiger partial charge in [-0.3, -0.25) is 19.6 Å². The lowest BCUT2D eigenvalue weighted by molar-refractivity contribution is -0.138. The largest absolute Gasteiger partial charge is 0.489 e. The zero-order chi connectivity index (χ0) is 64.1. The summed E-state index contributed by atoms with van der Waals surface area (Å²) in [5.74, 6) is 4.85. The lowest BCUT2D eigenvalue weighted by Crippen LogP contribution is -2.38. The highest BCUT2D eigenvalue weighted by Gasteiger charge is 2.35. The number of hydrogen-bond acceptors (Lipinski definition) is 14. The number of rotatable bonds is 26. The van der Waals surface area contributed by atoms with Crippen LogP contribution in [0.1, 0.15) is 84.7 Å². The predicted molar refractivity (Wildman–Crippen MR) is 332 cm³/mol. The summed E-state index contributed by atoms with van der Waals surface area (Å²) in [7, 11) is 3.87. The fourth-order valence-corrected chi connectivity index (χ4v) is 11.2. The van der Waals surface area contributed by atoms with Gasteiger partial charge in [0.15, 0.2) is 23.0 Å². The summed E-state index contributed by atoms with van der Waals surface area (Å²) in [5.41, 5.74) is 1.28. The average Bonchev–Trinajstić information content (AvgIpc) is 0.815. The normalized spacial score (nSPS) is 13.7. The Kier molecular flexibility index (Phi) is 22.0. The summed E-state index contributed by atoms with van der Waals surface area (Å²) in [5, 5.41) is 0.520. The monoisotopic (exact) mass is 1300 g/mol. The molecular formula is C69H67Cl2F6N3O11. The number of nitrogens with zero attached hydrogens (tertiary/aromatic N) is 3. The third-order valence-electron chi connectivity index (χ3n) is 15.6. The predicted octanol–water partition coefficient (Wildman–Crippen LogP) is 16.5. The van der Waals surface area contributed by atoms with Crippen molar-refractivity contribution in [2.45, 2.75) is 95.4 Å². The Morgan fingerprint density at radius 1 is 0.516 bits per heavy atom. The van der Waals surface area contributed by atoms with Gasteiger partial charge in [-0.25, -0.2) is 0 Å². The van der Waals surface area contributed by atoms with Gasteiger partial charge in [-0.1, -0.05) is 72.4 Å². The van der Waals surface area contributed by atoms with Gasteiger partial charge in [0.1, 0.15) is 61.0 Å². The third-order valence-corrected chi connectivity index (χ3v) is 16.2. The van der Waals surface area contributed by atoms with Crippen LogP contribution in [0.4, 0.5) is 26.3 Å². The first-order chi connectivity index (χ1) is 43.9. The molecule has 1 fully saturated rings. The van der Waals surface area contributed by atoms with E-state index in [2.05, 4.69) is 21.9 Å². The van der Waals surface area contributed by atoms with Gasteiger partial charge in [0.25, 0.3) is 0 Å². The van der Waals surface area contributed by atoms with Crippen LogP contribution in [-0.2, 0) is 52.4 Å². The van der Waals surface area contributed by atoms with Crippen molar-refractivity contribution in [2.24, 2.45) is 0 Å². The number of aromatic nitrogens is 2. The molecule has 91 heavy (non-hydrogen) atoms. The standard InChI is InChI=1S/C35H34ClF3N2O5.C34H33ClF3NO6/c1-41(24-4-2-5-24)14-3-15-43-31-21-29-32(34-33(31)44-16-17-45-34)30(12-13-40-29)46-26-9-6-22(7-10-26)18-25(42)19-23-8-11-28(36)27(20-23)35(37,38)39;1-41-14-4-2-3-5-15-42-30-21-28-31(33-32(30)43-16-17-44-33)29(12-13-39-28)45-25-9-6-22(7-10-25)18-24(40)19-23-8-11-27(35)26(20-23)34(36,37)38/h6-13,20-21,24H,2-5,14-19H2,1H3;6-13,20-21H,2-5,14-19H2,1H3. The minimum atomic E-state index is -4.59. The Labute approximate surface area is 532 Å². The highest BCUT2D eigenvalue weighted by Crippen LogP contribution is 2.50. The maximum atomic E-state index is 13.2. The lowest BCUT2D eigenvalue weighted by atomic mass is 9.92. The summed E-state index contributed by atoms with van der Waals surface area (Å²) >= 11 is 11.4.